The van der Waals surface area contributed by atoms with Crippen molar-refractivity contribution >= 4 is 46.0 Å². The summed E-state index contributed by atoms with van der Waals surface area (Å²) in [5, 5.41) is 0. The van der Waals surface area contributed by atoms with Crippen molar-refractivity contribution in [3.05, 3.63) is 27.8 Å². The minimum atomic E-state index is -0.337. The van der Waals surface area contributed by atoms with E-state index in [1.54, 1.807) is 12.1 Å². The molecule has 0 radical (unpaired) electrons. The third-order valence-corrected chi connectivity index (χ3v) is 5.47. The number of rotatable bonds is 3. The number of nitrogens with two attached hydrogens (primary N) is 1. The quantitative estimate of drug-likeness (QED) is 0.513. The standard InChI is InChI=1S/C16H18IN3O3/c17-11-1-3-12(4-2-11)20-14(21)9-13(16(20)23)19-7-5-10(6-8-19)15(18)22/h1-4,10,13H,5-9H2,(H2,18,22)/p+1. The van der Waals surface area contributed by atoms with E-state index in [4.69, 9.17) is 5.73 Å². The number of anilines is 1. The highest BCUT2D eigenvalue weighted by Crippen LogP contribution is 2.23. The molecule has 1 unspecified atom stereocenters. The van der Waals surface area contributed by atoms with Crippen LogP contribution in [-0.4, -0.2) is 36.9 Å². The van der Waals surface area contributed by atoms with Gasteiger partial charge in [0.15, 0.2) is 6.04 Å². The summed E-state index contributed by atoms with van der Waals surface area (Å²) in [5.74, 6) is -0.647. The van der Waals surface area contributed by atoms with Gasteiger partial charge in [-0.2, -0.15) is 0 Å². The Balaban J connectivity index is 1.72. The van der Waals surface area contributed by atoms with E-state index in [9.17, 15) is 14.4 Å². The predicted octanol–water partition coefficient (Wildman–Crippen LogP) is -0.297. The molecule has 1 atom stereocenters. The summed E-state index contributed by atoms with van der Waals surface area (Å²) in [4.78, 5) is 38.7. The average Bonchev–Trinajstić information content (AvgIpc) is 2.83. The Morgan fingerprint density at radius 3 is 2.35 bits per heavy atom. The molecule has 0 bridgehead atoms. The number of hydrogen-bond acceptors (Lipinski definition) is 3. The molecule has 7 heteroatoms. The van der Waals surface area contributed by atoms with Gasteiger partial charge in [-0.15, -0.1) is 0 Å². The summed E-state index contributed by atoms with van der Waals surface area (Å²) >= 11 is 2.19. The maximum absolute atomic E-state index is 12.7. The molecule has 1 aromatic carbocycles. The second kappa shape index (κ2) is 6.56. The van der Waals surface area contributed by atoms with Crippen LogP contribution in [-0.2, 0) is 14.4 Å². The van der Waals surface area contributed by atoms with Crippen LogP contribution in [0.3, 0.4) is 0 Å². The third kappa shape index (κ3) is 3.25. The number of halogens is 1. The van der Waals surface area contributed by atoms with E-state index in [1.807, 2.05) is 12.1 Å². The number of benzene rings is 1. The lowest BCUT2D eigenvalue weighted by Crippen LogP contribution is -3.17. The van der Waals surface area contributed by atoms with Crippen molar-refractivity contribution in [2.75, 3.05) is 18.0 Å². The van der Waals surface area contributed by atoms with E-state index in [0.717, 1.165) is 8.47 Å². The summed E-state index contributed by atoms with van der Waals surface area (Å²) in [6.07, 6.45) is 1.61. The summed E-state index contributed by atoms with van der Waals surface area (Å²) in [6, 6.07) is 7.03. The van der Waals surface area contributed by atoms with Crippen molar-refractivity contribution in [2.45, 2.75) is 25.3 Å². The van der Waals surface area contributed by atoms with Gasteiger partial charge in [-0.1, -0.05) is 0 Å². The first-order chi connectivity index (χ1) is 11.0. The molecule has 2 saturated heterocycles. The number of quaternary nitrogens is 1. The molecule has 0 aromatic heterocycles. The molecule has 2 fully saturated rings. The Bertz CT molecular complexity index is 638. The Hall–Kier alpha value is -1.48. The van der Waals surface area contributed by atoms with E-state index < -0.39 is 0 Å². The van der Waals surface area contributed by atoms with Crippen LogP contribution in [0.1, 0.15) is 19.3 Å². The van der Waals surface area contributed by atoms with Gasteiger partial charge in [0.2, 0.25) is 11.8 Å². The van der Waals surface area contributed by atoms with Gasteiger partial charge in [-0.25, -0.2) is 4.90 Å². The van der Waals surface area contributed by atoms with Gasteiger partial charge in [0.1, 0.15) is 0 Å². The van der Waals surface area contributed by atoms with Crippen LogP contribution in [0.2, 0.25) is 0 Å². The van der Waals surface area contributed by atoms with Gasteiger partial charge >= 0.3 is 0 Å². The van der Waals surface area contributed by atoms with E-state index in [-0.39, 0.29) is 36.1 Å². The molecule has 3 N–H and O–H groups in total. The molecule has 1 aromatic rings. The summed E-state index contributed by atoms with van der Waals surface area (Å²) < 4.78 is 1.06. The Morgan fingerprint density at radius 2 is 1.78 bits per heavy atom. The number of amides is 3. The molecule has 3 amide bonds. The Kier molecular flexibility index (Phi) is 4.67. The minimum absolute atomic E-state index is 0.0988. The second-order valence-electron chi connectivity index (χ2n) is 6.14. The largest absolute Gasteiger partial charge is 0.369 e. The van der Waals surface area contributed by atoms with Crippen LogP contribution in [0.15, 0.2) is 24.3 Å². The molecule has 0 saturated carbocycles. The molecule has 2 heterocycles. The molecule has 23 heavy (non-hydrogen) atoms. The van der Waals surface area contributed by atoms with Gasteiger partial charge in [0, 0.05) is 22.3 Å². The highest BCUT2D eigenvalue weighted by molar-refractivity contribution is 14.1. The van der Waals surface area contributed by atoms with Gasteiger partial charge in [0.05, 0.1) is 25.2 Å². The lowest BCUT2D eigenvalue weighted by atomic mass is 9.95. The molecule has 6 nitrogen and oxygen atoms in total. The van der Waals surface area contributed by atoms with Gasteiger partial charge in [-0.3, -0.25) is 14.4 Å². The highest BCUT2D eigenvalue weighted by atomic mass is 127. The SMILES string of the molecule is NC(=O)C1CC[NH+](C2CC(=O)N(c3ccc(I)cc3)C2=O)CC1. The van der Waals surface area contributed by atoms with E-state index in [2.05, 4.69) is 22.6 Å². The summed E-state index contributed by atoms with van der Waals surface area (Å²) in [5.41, 5.74) is 5.98. The number of hydrogen-bond donors (Lipinski definition) is 2. The van der Waals surface area contributed by atoms with Crippen LogP contribution in [0, 0.1) is 9.49 Å². The van der Waals surface area contributed by atoms with Gasteiger partial charge < -0.3 is 10.6 Å². The summed E-state index contributed by atoms with van der Waals surface area (Å²) in [7, 11) is 0. The first-order valence-electron chi connectivity index (χ1n) is 7.73. The molecule has 3 rings (SSSR count). The zero-order chi connectivity index (χ0) is 16.6. The maximum atomic E-state index is 12.7. The number of piperidine rings is 1. The van der Waals surface area contributed by atoms with Crippen molar-refractivity contribution < 1.29 is 19.3 Å². The number of nitrogens with one attached hydrogen (secondary N) is 1. The molecule has 2 aliphatic heterocycles. The lowest BCUT2D eigenvalue weighted by Gasteiger charge is -2.30. The smallest absolute Gasteiger partial charge is 0.292 e. The van der Waals surface area contributed by atoms with Crippen molar-refractivity contribution in [3.63, 3.8) is 0 Å². The van der Waals surface area contributed by atoms with E-state index >= 15 is 0 Å². The molecule has 2 aliphatic rings. The first-order valence-corrected chi connectivity index (χ1v) is 8.81. The Morgan fingerprint density at radius 1 is 1.17 bits per heavy atom. The fourth-order valence-corrected chi connectivity index (χ4v) is 3.79. The fourth-order valence-electron chi connectivity index (χ4n) is 3.43. The molecule has 0 spiro atoms. The van der Waals surface area contributed by atoms with Crippen LogP contribution >= 0.6 is 22.6 Å². The number of primary amides is 1. The van der Waals surface area contributed by atoms with Crippen molar-refractivity contribution in [2.24, 2.45) is 11.7 Å². The van der Waals surface area contributed by atoms with Crippen LogP contribution in [0.5, 0.6) is 0 Å². The number of nitrogens with zero attached hydrogens (tertiary/aromatic N) is 1. The van der Waals surface area contributed by atoms with Crippen LogP contribution < -0.4 is 15.5 Å². The number of likely N-dealkylation sites (tertiary alicyclic amines) is 1. The van der Waals surface area contributed by atoms with Crippen molar-refractivity contribution in [1.29, 1.82) is 0 Å². The summed E-state index contributed by atoms with van der Waals surface area (Å²) in [6.45, 7) is 1.41. The monoisotopic (exact) mass is 428 g/mol. The topological polar surface area (TPSA) is 84.9 Å². The van der Waals surface area contributed by atoms with Crippen molar-refractivity contribution in [3.8, 4) is 0 Å². The normalized spacial score (nSPS) is 28.2. The van der Waals surface area contributed by atoms with Gasteiger partial charge in [0.25, 0.3) is 5.91 Å². The second-order valence-corrected chi connectivity index (χ2v) is 7.38. The van der Waals surface area contributed by atoms with Gasteiger partial charge in [-0.05, 0) is 46.9 Å². The molecular weight excluding hydrogens is 409 g/mol. The minimum Gasteiger partial charge on any atom is -0.369 e. The molecule has 0 aliphatic carbocycles. The number of carbonyl (C=O) groups excluding carboxylic acids is 3. The van der Waals surface area contributed by atoms with Crippen molar-refractivity contribution in [1.82, 2.24) is 0 Å². The first kappa shape index (κ1) is 16.4. The number of imide groups is 1. The zero-order valence-corrected chi connectivity index (χ0v) is 14.8. The van der Waals surface area contributed by atoms with Crippen LogP contribution in [0.25, 0.3) is 0 Å². The third-order valence-electron chi connectivity index (χ3n) is 4.75. The molecular formula is C16H19IN3O3+. The fraction of sp³-hybridized carbons (Fsp3) is 0.438. The molecule has 122 valence electrons. The Labute approximate surface area is 148 Å². The zero-order valence-electron chi connectivity index (χ0n) is 12.6. The number of carbonyl (C=O) groups is 3. The van der Waals surface area contributed by atoms with Crippen LogP contribution in [0.4, 0.5) is 5.69 Å². The average molecular weight is 428 g/mol. The predicted molar refractivity (Wildman–Crippen MR) is 92.7 cm³/mol. The highest BCUT2D eigenvalue weighted by Gasteiger charge is 2.46. The maximum Gasteiger partial charge on any atom is 0.292 e. The lowest BCUT2D eigenvalue weighted by molar-refractivity contribution is -0.920. The van der Waals surface area contributed by atoms with E-state index in [1.165, 1.54) is 4.90 Å². The van der Waals surface area contributed by atoms with E-state index in [0.29, 0.717) is 31.6 Å².